The lowest BCUT2D eigenvalue weighted by atomic mass is 9.85. The van der Waals surface area contributed by atoms with Crippen molar-refractivity contribution in [3.05, 3.63) is 53.6 Å². The van der Waals surface area contributed by atoms with Gasteiger partial charge in [-0.3, -0.25) is 4.79 Å². The number of likely N-dealkylation sites (tertiary alicyclic amines) is 1. The van der Waals surface area contributed by atoms with E-state index in [0.29, 0.717) is 30.3 Å². The van der Waals surface area contributed by atoms with E-state index >= 15 is 0 Å². The number of tetrazole rings is 1. The molecule has 9 heteroatoms. The van der Waals surface area contributed by atoms with E-state index < -0.39 is 0 Å². The fourth-order valence-electron chi connectivity index (χ4n) is 4.36. The zero-order chi connectivity index (χ0) is 24.1. The Kier molecular flexibility index (Phi) is 7.42. The molecule has 0 saturated carbocycles. The molecule has 1 saturated heterocycles. The summed E-state index contributed by atoms with van der Waals surface area (Å²) >= 11 is 0. The lowest BCUT2D eigenvalue weighted by molar-refractivity contribution is 0.0904. The number of aryl methyl sites for hydroxylation is 1. The molecule has 2 unspecified atom stereocenters. The molecule has 1 amide bonds. The minimum Gasteiger partial charge on any atom is -0.493 e. The fraction of sp³-hybridized carbons (Fsp3) is 0.440. The topological polar surface area (TPSA) is 94.4 Å². The predicted octanol–water partition coefficient (Wildman–Crippen LogP) is 2.99. The average Bonchev–Trinajstić information content (AvgIpc) is 3.35. The Morgan fingerprint density at radius 3 is 2.76 bits per heavy atom. The maximum Gasteiger partial charge on any atom is 0.251 e. The van der Waals surface area contributed by atoms with E-state index in [1.165, 1.54) is 4.80 Å². The van der Waals surface area contributed by atoms with E-state index in [9.17, 15) is 4.79 Å². The fourth-order valence-corrected chi connectivity index (χ4v) is 4.36. The van der Waals surface area contributed by atoms with Crippen molar-refractivity contribution in [2.45, 2.75) is 38.8 Å². The lowest BCUT2D eigenvalue weighted by Gasteiger charge is -2.37. The first-order valence-corrected chi connectivity index (χ1v) is 11.7. The molecule has 1 aliphatic rings. The van der Waals surface area contributed by atoms with Crippen LogP contribution < -0.4 is 14.8 Å². The zero-order valence-corrected chi connectivity index (χ0v) is 20.2. The first-order valence-electron chi connectivity index (χ1n) is 11.7. The Morgan fingerprint density at radius 1 is 1.18 bits per heavy atom. The van der Waals surface area contributed by atoms with Crippen LogP contribution in [0.25, 0.3) is 11.4 Å². The Bertz CT molecular complexity index is 1130. The Hall–Kier alpha value is -3.46. The normalized spacial score (nSPS) is 18.5. The van der Waals surface area contributed by atoms with Crippen LogP contribution in [0, 0.1) is 0 Å². The van der Waals surface area contributed by atoms with Crippen molar-refractivity contribution in [1.29, 1.82) is 0 Å². The van der Waals surface area contributed by atoms with Crippen molar-refractivity contribution in [1.82, 2.24) is 30.4 Å². The van der Waals surface area contributed by atoms with Gasteiger partial charge in [-0.15, -0.1) is 10.2 Å². The molecule has 3 aromatic rings. The van der Waals surface area contributed by atoms with Gasteiger partial charge in [-0.2, -0.15) is 4.80 Å². The summed E-state index contributed by atoms with van der Waals surface area (Å²) in [5, 5.41) is 15.7. The third-order valence-electron chi connectivity index (χ3n) is 6.17. The molecule has 0 radical (unpaired) electrons. The van der Waals surface area contributed by atoms with Crippen LogP contribution in [0.4, 0.5) is 0 Å². The van der Waals surface area contributed by atoms with Gasteiger partial charge in [0.25, 0.3) is 5.91 Å². The smallest absolute Gasteiger partial charge is 0.251 e. The minimum absolute atomic E-state index is 0.00526. The summed E-state index contributed by atoms with van der Waals surface area (Å²) < 4.78 is 11.2. The van der Waals surface area contributed by atoms with Gasteiger partial charge in [-0.25, -0.2) is 0 Å². The summed E-state index contributed by atoms with van der Waals surface area (Å²) in [5.74, 6) is 1.96. The van der Waals surface area contributed by atoms with Crippen LogP contribution in [0.3, 0.4) is 0 Å². The number of amides is 1. The molecule has 1 fully saturated rings. The highest BCUT2D eigenvalue weighted by molar-refractivity contribution is 5.95. The molecule has 1 aliphatic heterocycles. The summed E-state index contributed by atoms with van der Waals surface area (Å²) in [6.45, 7) is 6.86. The number of rotatable bonds is 8. The number of carbonyl (C=O) groups excluding carboxylic acids is 1. The largest absolute Gasteiger partial charge is 0.493 e. The highest BCUT2D eigenvalue weighted by atomic mass is 16.5. The predicted molar refractivity (Wildman–Crippen MR) is 129 cm³/mol. The van der Waals surface area contributed by atoms with Crippen LogP contribution in [0.5, 0.6) is 11.5 Å². The number of hydrogen-bond acceptors (Lipinski definition) is 7. The number of benzene rings is 2. The molecule has 0 aliphatic carbocycles. The summed E-state index contributed by atoms with van der Waals surface area (Å²) in [6, 6.07) is 13.4. The second-order valence-corrected chi connectivity index (χ2v) is 8.46. The first-order chi connectivity index (χ1) is 16.5. The summed E-state index contributed by atoms with van der Waals surface area (Å²) in [7, 11) is 3.75. The molecule has 9 nitrogen and oxygen atoms in total. The number of nitrogens with zero attached hydrogens (tertiary/aromatic N) is 5. The van der Waals surface area contributed by atoms with Gasteiger partial charge in [0.2, 0.25) is 5.82 Å². The Morgan fingerprint density at radius 2 is 2.03 bits per heavy atom. The highest BCUT2D eigenvalue weighted by Gasteiger charge is 2.31. The zero-order valence-electron chi connectivity index (χ0n) is 20.2. The molecule has 0 spiro atoms. The molecule has 2 aromatic carbocycles. The summed E-state index contributed by atoms with van der Waals surface area (Å²) in [4.78, 5) is 17.1. The first kappa shape index (κ1) is 23.7. The number of methoxy groups -OCH3 is 1. The van der Waals surface area contributed by atoms with Gasteiger partial charge in [0.15, 0.2) is 11.5 Å². The Labute approximate surface area is 200 Å². The van der Waals surface area contributed by atoms with Gasteiger partial charge in [-0.1, -0.05) is 18.2 Å². The highest BCUT2D eigenvalue weighted by Crippen LogP contribution is 2.34. The van der Waals surface area contributed by atoms with Crippen molar-refractivity contribution in [2.24, 2.45) is 0 Å². The Balaban J connectivity index is 1.55. The molecule has 1 aromatic heterocycles. The van der Waals surface area contributed by atoms with Crippen LogP contribution >= 0.6 is 0 Å². The number of nitrogens with one attached hydrogen (secondary N) is 1. The van der Waals surface area contributed by atoms with E-state index in [2.05, 4.69) is 38.7 Å². The van der Waals surface area contributed by atoms with Gasteiger partial charge >= 0.3 is 0 Å². The second-order valence-electron chi connectivity index (χ2n) is 8.46. The summed E-state index contributed by atoms with van der Waals surface area (Å²) in [5.41, 5.74) is 2.46. The van der Waals surface area contributed by atoms with Crippen LogP contribution in [0.15, 0.2) is 42.5 Å². The molecule has 1 N–H and O–H groups in total. The SMILES string of the molecule is CCOc1cc(C2CN(C)CCC2NC(=O)c2cccc(-c3nnn(CC)n3)c2)ccc1OC. The quantitative estimate of drug-likeness (QED) is 0.548. The molecule has 34 heavy (non-hydrogen) atoms. The number of piperidine rings is 1. The third-order valence-corrected chi connectivity index (χ3v) is 6.17. The maximum atomic E-state index is 13.3. The van der Waals surface area contributed by atoms with Crippen LogP contribution in [-0.4, -0.2) is 70.9 Å². The van der Waals surface area contributed by atoms with Crippen LogP contribution in [0.2, 0.25) is 0 Å². The van der Waals surface area contributed by atoms with E-state index in [4.69, 9.17) is 9.47 Å². The summed E-state index contributed by atoms with van der Waals surface area (Å²) in [6.07, 6.45) is 0.856. The molecule has 2 heterocycles. The standard InChI is InChI=1S/C25H32N6O3/c1-5-31-28-24(27-29-31)18-8-7-9-19(14-18)25(32)26-21-12-13-30(3)16-20(21)17-10-11-22(33-4)23(15-17)34-6-2/h7-11,14-15,20-21H,5-6,12-13,16H2,1-4H3,(H,26,32). The molecule has 2 atom stereocenters. The number of ether oxygens (including phenoxy) is 2. The molecule has 4 rings (SSSR count). The van der Waals surface area contributed by atoms with E-state index in [0.717, 1.165) is 36.4 Å². The monoisotopic (exact) mass is 464 g/mol. The number of likely N-dealkylation sites (N-methyl/N-ethyl adjacent to an activating group) is 1. The van der Waals surface area contributed by atoms with Gasteiger partial charge in [0, 0.05) is 29.6 Å². The molecule has 180 valence electrons. The van der Waals surface area contributed by atoms with Crippen molar-refractivity contribution in [2.75, 3.05) is 33.9 Å². The van der Waals surface area contributed by atoms with E-state index in [-0.39, 0.29) is 17.9 Å². The van der Waals surface area contributed by atoms with Gasteiger partial charge < -0.3 is 19.7 Å². The maximum absolute atomic E-state index is 13.3. The number of carbonyl (C=O) groups is 1. The van der Waals surface area contributed by atoms with Crippen molar-refractivity contribution in [3.8, 4) is 22.9 Å². The van der Waals surface area contributed by atoms with Crippen molar-refractivity contribution < 1.29 is 14.3 Å². The minimum atomic E-state index is -0.108. The number of aromatic nitrogens is 4. The van der Waals surface area contributed by atoms with Gasteiger partial charge in [-0.05, 0) is 68.9 Å². The van der Waals surface area contributed by atoms with Crippen molar-refractivity contribution >= 4 is 5.91 Å². The molecule has 0 bridgehead atoms. The molecular formula is C25H32N6O3. The van der Waals surface area contributed by atoms with Crippen LogP contribution in [0.1, 0.15) is 42.1 Å². The average molecular weight is 465 g/mol. The van der Waals surface area contributed by atoms with Gasteiger partial charge in [0.05, 0.1) is 20.3 Å². The van der Waals surface area contributed by atoms with Crippen molar-refractivity contribution in [3.63, 3.8) is 0 Å². The lowest BCUT2D eigenvalue weighted by Crippen LogP contribution is -2.48. The van der Waals surface area contributed by atoms with Gasteiger partial charge in [0.1, 0.15) is 0 Å². The van der Waals surface area contributed by atoms with Crippen LogP contribution in [-0.2, 0) is 6.54 Å². The second kappa shape index (κ2) is 10.6. The molecular weight excluding hydrogens is 432 g/mol. The third kappa shape index (κ3) is 5.20. The number of hydrogen-bond donors (Lipinski definition) is 1. The van der Waals surface area contributed by atoms with E-state index in [1.807, 2.05) is 50.2 Å². The van der Waals surface area contributed by atoms with E-state index in [1.54, 1.807) is 7.11 Å².